The second-order valence-corrected chi connectivity index (χ2v) is 4.71. The van der Waals surface area contributed by atoms with Crippen LogP contribution in [0, 0.1) is 0 Å². The lowest BCUT2D eigenvalue weighted by atomic mass is 10.1. The number of hydrogen-bond acceptors (Lipinski definition) is 5. The maximum absolute atomic E-state index is 8.36. The quantitative estimate of drug-likeness (QED) is 0.302. The van der Waals surface area contributed by atoms with Crippen LogP contribution in [-0.4, -0.2) is 31.5 Å². The van der Waals surface area contributed by atoms with Crippen LogP contribution in [0.25, 0.3) is 0 Å². The summed E-state index contributed by atoms with van der Waals surface area (Å²) < 4.78 is 11.0. The van der Waals surface area contributed by atoms with E-state index >= 15 is 0 Å². The molecule has 1 N–H and O–H groups in total. The van der Waals surface area contributed by atoms with Crippen LogP contribution in [0.2, 0.25) is 0 Å². The lowest BCUT2D eigenvalue weighted by molar-refractivity contribution is -0.122. The zero-order valence-electron chi connectivity index (χ0n) is 17.4. The van der Waals surface area contributed by atoms with Gasteiger partial charge in [-0.05, 0) is 18.9 Å². The highest BCUT2D eigenvalue weighted by molar-refractivity contribution is 5.56. The first-order chi connectivity index (χ1) is 13.7. The van der Waals surface area contributed by atoms with Crippen molar-refractivity contribution in [3.63, 3.8) is 0 Å². The molecule has 1 aromatic carbocycles. The summed E-state index contributed by atoms with van der Waals surface area (Å²) in [5, 5.41) is 10.3. The molecule has 1 heterocycles. The minimum Gasteiger partial charge on any atom is -0.486 e. The maximum Gasteiger partial charge on any atom is 0.290 e. The smallest absolute Gasteiger partial charge is 0.290 e. The Bertz CT molecular complexity index is 609. The van der Waals surface area contributed by atoms with Gasteiger partial charge < -0.3 is 19.4 Å². The molecule has 156 valence electrons. The summed E-state index contributed by atoms with van der Waals surface area (Å²) >= 11 is 0. The molecule has 1 aromatic rings. The molecule has 0 aliphatic carbocycles. The zero-order valence-corrected chi connectivity index (χ0v) is 17.4. The summed E-state index contributed by atoms with van der Waals surface area (Å²) in [6, 6.07) is 3.84. The lowest BCUT2D eigenvalue weighted by Crippen LogP contribution is -2.16. The molecule has 0 fully saturated rings. The molecule has 0 bridgehead atoms. The highest BCUT2D eigenvalue weighted by Gasteiger charge is 2.20. The largest absolute Gasteiger partial charge is 0.486 e. The number of carboxylic acid groups (broad SMARTS) is 1. The van der Waals surface area contributed by atoms with Gasteiger partial charge in [-0.15, -0.1) is 0 Å². The molecule has 6 nitrogen and oxygen atoms in total. The van der Waals surface area contributed by atoms with E-state index < -0.39 is 0 Å². The Morgan fingerprint density at radius 1 is 1.18 bits per heavy atom. The number of ether oxygens (including phenoxy) is 2. The summed E-state index contributed by atoms with van der Waals surface area (Å²) in [6.07, 6.45) is 11.7. The molecule has 1 aliphatic heterocycles. The molecule has 0 radical (unpaired) electrons. The molecule has 28 heavy (non-hydrogen) atoms. The summed E-state index contributed by atoms with van der Waals surface area (Å²) in [7, 11) is 0. The van der Waals surface area contributed by atoms with E-state index in [0.29, 0.717) is 30.5 Å². The second kappa shape index (κ2) is 20.3. The van der Waals surface area contributed by atoms with Crippen LogP contribution in [0.3, 0.4) is 0 Å². The molecule has 0 aromatic heterocycles. The molecule has 0 unspecified atom stereocenters. The number of rotatable bonds is 6. The van der Waals surface area contributed by atoms with Gasteiger partial charge in [0.15, 0.2) is 5.75 Å². The van der Waals surface area contributed by atoms with Crippen LogP contribution in [0.4, 0.5) is 0 Å². The average Bonchev–Trinajstić information content (AvgIpc) is 2.74. The van der Waals surface area contributed by atoms with Crippen molar-refractivity contribution in [2.45, 2.75) is 40.5 Å². The number of nitrogens with zero attached hydrogens (tertiary/aromatic N) is 1. The minimum atomic E-state index is -0.250. The Hall–Kier alpha value is -3.02. The molecule has 2 rings (SSSR count). The van der Waals surface area contributed by atoms with Crippen LogP contribution >= 0.6 is 0 Å². The molecule has 0 saturated carbocycles. The fraction of sp³-hybridized carbons (Fsp3) is 0.364. The van der Waals surface area contributed by atoms with Crippen molar-refractivity contribution >= 4 is 13.2 Å². The number of benzene rings is 1. The van der Waals surface area contributed by atoms with E-state index in [2.05, 4.69) is 31.5 Å². The molecule has 0 amide bonds. The van der Waals surface area contributed by atoms with Gasteiger partial charge in [0.2, 0.25) is 11.5 Å². The van der Waals surface area contributed by atoms with Gasteiger partial charge in [0.25, 0.3) is 6.47 Å². The van der Waals surface area contributed by atoms with Crippen molar-refractivity contribution in [1.82, 2.24) is 0 Å². The highest BCUT2D eigenvalue weighted by Crippen LogP contribution is 2.42. The van der Waals surface area contributed by atoms with E-state index in [1.807, 2.05) is 51.1 Å². The van der Waals surface area contributed by atoms with Crippen molar-refractivity contribution in [2.24, 2.45) is 5.16 Å². The second-order valence-electron chi connectivity index (χ2n) is 4.71. The van der Waals surface area contributed by atoms with Crippen LogP contribution in [0.5, 0.6) is 17.2 Å². The number of aryl methyl sites for hydroxylation is 1. The van der Waals surface area contributed by atoms with Gasteiger partial charge in [-0.3, -0.25) is 4.79 Å². The van der Waals surface area contributed by atoms with Crippen molar-refractivity contribution < 1.29 is 24.2 Å². The van der Waals surface area contributed by atoms with Gasteiger partial charge in [-0.1, -0.05) is 75.9 Å². The molecule has 6 heteroatoms. The van der Waals surface area contributed by atoms with Gasteiger partial charge >= 0.3 is 0 Å². The van der Waals surface area contributed by atoms with Gasteiger partial charge in [0.1, 0.15) is 13.2 Å². The topological polar surface area (TPSA) is 77.3 Å². The number of allylic oxidation sites excluding steroid dienone is 5. The predicted octanol–water partition coefficient (Wildman–Crippen LogP) is 5.44. The van der Waals surface area contributed by atoms with Gasteiger partial charge in [0.05, 0.1) is 0 Å². The molecule has 0 spiro atoms. The summed E-state index contributed by atoms with van der Waals surface area (Å²) in [6.45, 7) is 15.9. The van der Waals surface area contributed by atoms with Gasteiger partial charge in [-0.2, -0.15) is 0 Å². The SMILES string of the molecule is C=C/C=C\C=C/CC.C=NOc1c(CC)ccc2c1OCCO2.CC.O=CO. The fourth-order valence-corrected chi connectivity index (χ4v) is 1.93. The fourth-order valence-electron chi connectivity index (χ4n) is 1.93. The van der Waals surface area contributed by atoms with Crippen molar-refractivity contribution in [2.75, 3.05) is 13.2 Å². The van der Waals surface area contributed by atoms with E-state index in [0.717, 1.165) is 18.4 Å². The minimum absolute atomic E-state index is 0.250. The molecular weight excluding hydrogens is 358 g/mol. The van der Waals surface area contributed by atoms with E-state index in [-0.39, 0.29) is 6.47 Å². The molecule has 1 aliphatic rings. The Labute approximate surface area is 168 Å². The number of oxime groups is 1. The van der Waals surface area contributed by atoms with Gasteiger partial charge in [-0.25, -0.2) is 0 Å². The molecule has 0 atom stereocenters. The molecular formula is C22H33NO5. The first-order valence-corrected chi connectivity index (χ1v) is 9.26. The third kappa shape index (κ3) is 11.6. The van der Waals surface area contributed by atoms with Crippen LogP contribution in [0.15, 0.2) is 54.2 Å². The summed E-state index contributed by atoms with van der Waals surface area (Å²) in [4.78, 5) is 13.5. The van der Waals surface area contributed by atoms with Crippen LogP contribution < -0.4 is 14.3 Å². The standard InChI is InChI=1S/C11H13NO3.C8H12.C2H6.CH2O2/c1-3-8-4-5-9-11(10(8)15-12-2)14-7-6-13-9;1-3-5-7-8-6-4-2;1-2;2-1-3/h4-5H,2-3,6-7H2,1H3;3,5-8H,1,4H2,2H3;1-2H3;1H,(H,2,3)/b;7-5-,8-6-;;. The lowest BCUT2D eigenvalue weighted by Gasteiger charge is -2.21. The van der Waals surface area contributed by atoms with E-state index in [1.165, 1.54) is 0 Å². The van der Waals surface area contributed by atoms with E-state index in [9.17, 15) is 0 Å². The van der Waals surface area contributed by atoms with Crippen molar-refractivity contribution in [1.29, 1.82) is 0 Å². The number of hydrogen-bond donors (Lipinski definition) is 1. The first kappa shape index (κ1) is 27.2. The monoisotopic (exact) mass is 391 g/mol. The Kier molecular flexibility index (Phi) is 19.7. The van der Waals surface area contributed by atoms with Gasteiger partial charge in [0, 0.05) is 12.3 Å². The third-order valence-electron chi connectivity index (χ3n) is 3.01. The van der Waals surface area contributed by atoms with Crippen molar-refractivity contribution in [3.8, 4) is 17.2 Å². The number of carbonyl (C=O) groups is 1. The zero-order chi connectivity index (χ0) is 21.6. The third-order valence-corrected chi connectivity index (χ3v) is 3.01. The number of fused-ring (bicyclic) bond motifs is 1. The maximum atomic E-state index is 8.36. The summed E-state index contributed by atoms with van der Waals surface area (Å²) in [5.41, 5.74) is 1.03. The highest BCUT2D eigenvalue weighted by atomic mass is 16.6. The summed E-state index contributed by atoms with van der Waals surface area (Å²) in [5.74, 6) is 1.95. The van der Waals surface area contributed by atoms with Crippen molar-refractivity contribution in [3.05, 3.63) is 54.7 Å². The van der Waals surface area contributed by atoms with Crippen LogP contribution in [0.1, 0.15) is 39.7 Å². The molecule has 0 saturated heterocycles. The van der Waals surface area contributed by atoms with Crippen LogP contribution in [-0.2, 0) is 11.2 Å². The normalized spacial score (nSPS) is 11.0. The average molecular weight is 392 g/mol. The van der Waals surface area contributed by atoms with E-state index in [1.54, 1.807) is 6.08 Å². The van der Waals surface area contributed by atoms with E-state index in [4.69, 9.17) is 24.2 Å². The predicted molar refractivity (Wildman–Crippen MR) is 116 cm³/mol. The first-order valence-electron chi connectivity index (χ1n) is 9.26. The Morgan fingerprint density at radius 2 is 1.82 bits per heavy atom. The Balaban J connectivity index is 0. The Morgan fingerprint density at radius 3 is 2.36 bits per heavy atom.